The minimum atomic E-state index is 0.738. The maximum atomic E-state index is 5.88. The van der Waals surface area contributed by atoms with Gasteiger partial charge in [-0.05, 0) is 50.3 Å². The van der Waals surface area contributed by atoms with Crippen molar-refractivity contribution in [1.82, 2.24) is 4.98 Å². The van der Waals surface area contributed by atoms with Crippen LogP contribution in [0.5, 0.6) is 0 Å². The third-order valence-electron chi connectivity index (χ3n) is 3.43. The molecule has 0 spiro atoms. The summed E-state index contributed by atoms with van der Waals surface area (Å²) >= 11 is 7.61. The molecule has 1 aromatic carbocycles. The van der Waals surface area contributed by atoms with E-state index in [0.717, 1.165) is 34.3 Å². The molecular weight excluding hydrogens is 290 g/mol. The summed E-state index contributed by atoms with van der Waals surface area (Å²) in [6.45, 7) is 1.98. The fourth-order valence-corrected chi connectivity index (χ4v) is 3.41. The second-order valence-electron chi connectivity index (χ2n) is 4.91. The molecule has 0 atom stereocenters. The van der Waals surface area contributed by atoms with Crippen LogP contribution < -0.4 is 5.43 Å². The van der Waals surface area contributed by atoms with Gasteiger partial charge in [-0.25, -0.2) is 4.98 Å². The van der Waals surface area contributed by atoms with Crippen molar-refractivity contribution in [3.05, 3.63) is 45.4 Å². The van der Waals surface area contributed by atoms with Gasteiger partial charge in [0.2, 0.25) is 5.13 Å². The van der Waals surface area contributed by atoms with Crippen LogP contribution >= 0.6 is 22.9 Å². The van der Waals surface area contributed by atoms with Crippen molar-refractivity contribution in [3.8, 4) is 0 Å². The fourth-order valence-electron chi connectivity index (χ4n) is 2.29. The van der Waals surface area contributed by atoms with E-state index in [-0.39, 0.29) is 0 Å². The minimum absolute atomic E-state index is 0.738. The summed E-state index contributed by atoms with van der Waals surface area (Å²) in [5, 5.41) is 6.04. The van der Waals surface area contributed by atoms with E-state index in [2.05, 4.69) is 15.5 Å². The molecule has 0 amide bonds. The van der Waals surface area contributed by atoms with Crippen LogP contribution in [0.4, 0.5) is 5.13 Å². The molecule has 0 bridgehead atoms. The van der Waals surface area contributed by atoms with E-state index in [1.807, 2.05) is 31.2 Å². The molecule has 1 aliphatic carbocycles. The van der Waals surface area contributed by atoms with E-state index < -0.39 is 0 Å². The predicted octanol–water partition coefficient (Wildman–Crippen LogP) is 4.51. The average molecular weight is 306 g/mol. The molecule has 2 aromatic rings. The van der Waals surface area contributed by atoms with Gasteiger partial charge >= 0.3 is 0 Å². The van der Waals surface area contributed by atoms with Crippen LogP contribution in [0, 0.1) is 0 Å². The van der Waals surface area contributed by atoms with Crippen molar-refractivity contribution >= 4 is 33.8 Å². The van der Waals surface area contributed by atoms with Gasteiger partial charge in [-0.1, -0.05) is 23.7 Å². The highest BCUT2D eigenvalue weighted by Crippen LogP contribution is 2.29. The van der Waals surface area contributed by atoms with E-state index in [1.165, 1.54) is 23.4 Å². The van der Waals surface area contributed by atoms with Gasteiger partial charge in [0.1, 0.15) is 0 Å². The van der Waals surface area contributed by atoms with Crippen molar-refractivity contribution in [2.75, 3.05) is 5.43 Å². The molecule has 0 aliphatic heterocycles. The van der Waals surface area contributed by atoms with Crippen LogP contribution in [-0.4, -0.2) is 10.7 Å². The maximum Gasteiger partial charge on any atom is 0.203 e. The van der Waals surface area contributed by atoms with E-state index in [9.17, 15) is 0 Å². The van der Waals surface area contributed by atoms with Gasteiger partial charge in [-0.15, -0.1) is 11.3 Å². The second kappa shape index (κ2) is 5.94. The molecule has 1 heterocycles. The molecule has 0 radical (unpaired) electrons. The quantitative estimate of drug-likeness (QED) is 0.669. The third kappa shape index (κ3) is 3.02. The number of rotatable bonds is 3. The van der Waals surface area contributed by atoms with Crippen molar-refractivity contribution < 1.29 is 0 Å². The molecule has 1 N–H and O–H groups in total. The van der Waals surface area contributed by atoms with Gasteiger partial charge in [0.25, 0.3) is 0 Å². The Bertz CT molecular complexity index is 608. The Morgan fingerprint density at radius 1 is 1.25 bits per heavy atom. The van der Waals surface area contributed by atoms with E-state index in [4.69, 9.17) is 11.6 Å². The third-order valence-corrected chi connectivity index (χ3v) is 4.74. The van der Waals surface area contributed by atoms with Crippen LogP contribution in [0.1, 0.15) is 35.9 Å². The number of benzene rings is 1. The topological polar surface area (TPSA) is 37.3 Å². The highest BCUT2D eigenvalue weighted by atomic mass is 35.5. The lowest BCUT2D eigenvalue weighted by atomic mass is 10.0. The van der Waals surface area contributed by atoms with Crippen LogP contribution in [0.3, 0.4) is 0 Å². The smallest absolute Gasteiger partial charge is 0.203 e. The highest BCUT2D eigenvalue weighted by molar-refractivity contribution is 7.15. The minimum Gasteiger partial charge on any atom is -0.252 e. The lowest BCUT2D eigenvalue weighted by Gasteiger charge is -2.06. The molecule has 1 aromatic heterocycles. The molecule has 5 heteroatoms. The first-order valence-electron chi connectivity index (χ1n) is 6.77. The summed E-state index contributed by atoms with van der Waals surface area (Å²) in [6.07, 6.45) is 4.80. The summed E-state index contributed by atoms with van der Waals surface area (Å²) in [5.41, 5.74) is 6.31. The maximum absolute atomic E-state index is 5.88. The Morgan fingerprint density at radius 2 is 2.00 bits per heavy atom. The van der Waals surface area contributed by atoms with Crippen molar-refractivity contribution in [2.45, 2.75) is 32.6 Å². The number of nitrogens with one attached hydrogen (secondary N) is 1. The largest absolute Gasteiger partial charge is 0.252 e. The Hall–Kier alpha value is -1.39. The van der Waals surface area contributed by atoms with Crippen molar-refractivity contribution in [1.29, 1.82) is 0 Å². The number of nitrogens with zero attached hydrogens (tertiary/aromatic N) is 2. The van der Waals surface area contributed by atoms with Gasteiger partial charge in [-0.2, -0.15) is 5.10 Å². The normalized spacial score (nSPS) is 15.0. The molecule has 0 saturated carbocycles. The number of hydrazone groups is 1. The summed E-state index contributed by atoms with van der Waals surface area (Å²) in [4.78, 5) is 6.02. The molecule has 0 unspecified atom stereocenters. The number of hydrogen-bond acceptors (Lipinski definition) is 4. The lowest BCUT2D eigenvalue weighted by Crippen LogP contribution is -2.00. The zero-order valence-corrected chi connectivity index (χ0v) is 12.9. The van der Waals surface area contributed by atoms with Gasteiger partial charge in [0.05, 0.1) is 11.4 Å². The SMILES string of the molecule is C/C(=N\Nc1nc2c(s1)CCCC2)c1ccc(Cl)cc1. The highest BCUT2D eigenvalue weighted by Gasteiger charge is 2.14. The molecule has 3 nitrogen and oxygen atoms in total. The van der Waals surface area contributed by atoms with E-state index >= 15 is 0 Å². The summed E-state index contributed by atoms with van der Waals surface area (Å²) in [5.74, 6) is 0. The average Bonchev–Trinajstić information content (AvgIpc) is 2.88. The first kappa shape index (κ1) is 13.6. The number of fused-ring (bicyclic) bond motifs is 1. The summed E-state index contributed by atoms with van der Waals surface area (Å²) in [6, 6.07) is 7.68. The van der Waals surface area contributed by atoms with E-state index in [0.29, 0.717) is 0 Å². The number of halogens is 1. The number of hydrogen-bond donors (Lipinski definition) is 1. The number of aromatic nitrogens is 1. The first-order chi connectivity index (χ1) is 9.72. The molecular formula is C15H16ClN3S. The van der Waals surface area contributed by atoms with Crippen LogP contribution in [0.15, 0.2) is 29.4 Å². The molecule has 1 aliphatic rings. The lowest BCUT2D eigenvalue weighted by molar-refractivity contribution is 0.682. The Kier molecular flexibility index (Phi) is 4.03. The zero-order chi connectivity index (χ0) is 13.9. The predicted molar refractivity (Wildman–Crippen MR) is 86.0 cm³/mol. The summed E-state index contributed by atoms with van der Waals surface area (Å²) in [7, 11) is 0. The van der Waals surface area contributed by atoms with Gasteiger partial charge in [0.15, 0.2) is 0 Å². The molecule has 0 fully saturated rings. The van der Waals surface area contributed by atoms with Gasteiger partial charge in [-0.3, -0.25) is 5.43 Å². The molecule has 20 heavy (non-hydrogen) atoms. The van der Waals surface area contributed by atoms with E-state index in [1.54, 1.807) is 11.3 Å². The zero-order valence-electron chi connectivity index (χ0n) is 11.3. The second-order valence-corrected chi connectivity index (χ2v) is 6.43. The van der Waals surface area contributed by atoms with Crippen LogP contribution in [-0.2, 0) is 12.8 Å². The van der Waals surface area contributed by atoms with Gasteiger partial charge < -0.3 is 0 Å². The number of thiazole rings is 1. The van der Waals surface area contributed by atoms with Crippen LogP contribution in [0.25, 0.3) is 0 Å². The van der Waals surface area contributed by atoms with Crippen LogP contribution in [0.2, 0.25) is 5.02 Å². The Morgan fingerprint density at radius 3 is 2.75 bits per heavy atom. The number of anilines is 1. The summed E-state index contributed by atoms with van der Waals surface area (Å²) < 4.78 is 0. The molecule has 104 valence electrons. The van der Waals surface area contributed by atoms with Gasteiger partial charge in [0, 0.05) is 9.90 Å². The first-order valence-corrected chi connectivity index (χ1v) is 7.96. The van der Waals surface area contributed by atoms with Crippen molar-refractivity contribution in [2.24, 2.45) is 5.10 Å². The Labute approximate surface area is 127 Å². The fraction of sp³-hybridized carbons (Fsp3) is 0.333. The Balaban J connectivity index is 1.72. The van der Waals surface area contributed by atoms with Crippen molar-refractivity contribution in [3.63, 3.8) is 0 Å². The monoisotopic (exact) mass is 305 g/mol. The molecule has 3 rings (SSSR count). The standard InChI is InChI=1S/C15H16ClN3S/c1-10(11-6-8-12(16)9-7-11)18-19-15-17-13-4-2-3-5-14(13)20-15/h6-9H,2-5H2,1H3,(H,17,19)/b18-10+. The number of aryl methyl sites for hydroxylation is 2. The molecule has 0 saturated heterocycles.